The Morgan fingerprint density at radius 1 is 0.840 bits per heavy atom. The highest BCUT2D eigenvalue weighted by atomic mass is 32.1. The number of thiocarbonyl (C=S) groups is 1. The van der Waals surface area contributed by atoms with Crippen LogP contribution in [0.1, 0.15) is 23.2 Å². The first kappa shape index (κ1) is 16.9. The van der Waals surface area contributed by atoms with E-state index >= 15 is 0 Å². The first-order valence-electron chi connectivity index (χ1n) is 7.95. The van der Waals surface area contributed by atoms with Gasteiger partial charge in [-0.15, -0.1) is 0 Å². The maximum absolute atomic E-state index is 12.1. The number of para-hydroxylation sites is 1. The molecule has 0 saturated heterocycles. The predicted molar refractivity (Wildman–Crippen MR) is 101 cm³/mol. The van der Waals surface area contributed by atoms with Crippen LogP contribution in [0.5, 0.6) is 0 Å². The normalized spacial score (nSPS) is 12.8. The standard InChI is InChI=1S/C18H18N4O2S/c23-16(12-6-7-12)19-15-10-8-13(9-11-15)17(24)21-22-18(25)20-14-4-2-1-3-5-14/h1-5,8-12H,6-7H2,(H,19,23)(H,21,24)(H2,20,22,25). The number of amides is 2. The fraction of sp³-hybridized carbons (Fsp3) is 0.167. The summed E-state index contributed by atoms with van der Waals surface area (Å²) in [5.74, 6) is -0.140. The second-order valence-electron chi connectivity index (χ2n) is 5.74. The van der Waals surface area contributed by atoms with Gasteiger partial charge in [-0.25, -0.2) is 0 Å². The summed E-state index contributed by atoms with van der Waals surface area (Å²) in [6, 6.07) is 16.1. The SMILES string of the molecule is O=C(NNC(=S)Nc1ccccc1)c1ccc(NC(=O)C2CC2)cc1. The summed E-state index contributed by atoms with van der Waals surface area (Å²) in [5.41, 5.74) is 7.14. The van der Waals surface area contributed by atoms with Gasteiger partial charge in [0, 0.05) is 22.9 Å². The number of carbonyl (C=O) groups excluding carboxylic acids is 2. The van der Waals surface area contributed by atoms with Gasteiger partial charge in [-0.3, -0.25) is 20.4 Å². The summed E-state index contributed by atoms with van der Waals surface area (Å²) in [7, 11) is 0. The molecule has 6 nitrogen and oxygen atoms in total. The van der Waals surface area contributed by atoms with Gasteiger partial charge in [-0.05, 0) is 61.5 Å². The van der Waals surface area contributed by atoms with Crippen LogP contribution < -0.4 is 21.5 Å². The number of hydrazine groups is 1. The molecule has 1 aliphatic carbocycles. The molecule has 2 amide bonds. The molecule has 25 heavy (non-hydrogen) atoms. The lowest BCUT2D eigenvalue weighted by molar-refractivity contribution is -0.117. The molecule has 1 saturated carbocycles. The van der Waals surface area contributed by atoms with Crippen molar-refractivity contribution >= 4 is 40.5 Å². The van der Waals surface area contributed by atoms with Crippen LogP contribution in [0.2, 0.25) is 0 Å². The van der Waals surface area contributed by atoms with Gasteiger partial charge in [0.05, 0.1) is 0 Å². The Kier molecular flexibility index (Phi) is 5.25. The maximum atomic E-state index is 12.1. The molecule has 0 unspecified atom stereocenters. The third-order valence-electron chi connectivity index (χ3n) is 3.68. The van der Waals surface area contributed by atoms with Crippen LogP contribution in [0.4, 0.5) is 11.4 Å². The van der Waals surface area contributed by atoms with Crippen molar-refractivity contribution in [2.75, 3.05) is 10.6 Å². The first-order chi connectivity index (χ1) is 12.1. The zero-order chi connectivity index (χ0) is 17.6. The fourth-order valence-corrected chi connectivity index (χ4v) is 2.33. The third kappa shape index (κ3) is 5.02. The highest BCUT2D eigenvalue weighted by Crippen LogP contribution is 2.30. The molecule has 1 fully saturated rings. The Morgan fingerprint density at radius 2 is 1.48 bits per heavy atom. The Hall–Kier alpha value is -2.93. The van der Waals surface area contributed by atoms with E-state index in [-0.39, 0.29) is 22.8 Å². The van der Waals surface area contributed by atoms with E-state index in [4.69, 9.17) is 12.2 Å². The van der Waals surface area contributed by atoms with Gasteiger partial charge in [0.1, 0.15) is 0 Å². The summed E-state index contributed by atoms with van der Waals surface area (Å²) in [6.07, 6.45) is 1.91. The smallest absolute Gasteiger partial charge is 0.269 e. The second-order valence-corrected chi connectivity index (χ2v) is 6.15. The quantitative estimate of drug-likeness (QED) is 0.501. The predicted octanol–water partition coefficient (Wildman–Crippen LogP) is 2.67. The molecule has 1 aliphatic rings. The average Bonchev–Trinajstić information content (AvgIpc) is 3.46. The Bertz CT molecular complexity index is 773. The topological polar surface area (TPSA) is 82.3 Å². The van der Waals surface area contributed by atoms with Crippen molar-refractivity contribution in [1.82, 2.24) is 10.9 Å². The van der Waals surface area contributed by atoms with Crippen molar-refractivity contribution in [1.29, 1.82) is 0 Å². The van der Waals surface area contributed by atoms with Crippen LogP contribution >= 0.6 is 12.2 Å². The van der Waals surface area contributed by atoms with Gasteiger partial charge in [-0.1, -0.05) is 18.2 Å². The Balaban J connectivity index is 1.47. The van der Waals surface area contributed by atoms with Gasteiger partial charge in [-0.2, -0.15) is 0 Å². The van der Waals surface area contributed by atoms with E-state index in [1.165, 1.54) is 0 Å². The molecule has 7 heteroatoms. The fourth-order valence-electron chi connectivity index (χ4n) is 2.16. The summed E-state index contributed by atoms with van der Waals surface area (Å²) in [5, 5.41) is 6.07. The van der Waals surface area contributed by atoms with Crippen LogP contribution in [0.15, 0.2) is 54.6 Å². The summed E-state index contributed by atoms with van der Waals surface area (Å²) < 4.78 is 0. The van der Waals surface area contributed by atoms with E-state index in [2.05, 4.69) is 21.5 Å². The summed E-state index contributed by atoms with van der Waals surface area (Å²) in [6.45, 7) is 0. The molecule has 0 aliphatic heterocycles. The number of benzene rings is 2. The minimum atomic E-state index is -0.322. The van der Waals surface area contributed by atoms with E-state index in [0.29, 0.717) is 11.3 Å². The van der Waals surface area contributed by atoms with Crippen LogP contribution in [-0.4, -0.2) is 16.9 Å². The minimum Gasteiger partial charge on any atom is -0.331 e. The largest absolute Gasteiger partial charge is 0.331 e. The van der Waals surface area contributed by atoms with Gasteiger partial charge in [0.2, 0.25) is 5.91 Å². The molecular formula is C18H18N4O2S. The molecule has 128 valence electrons. The van der Waals surface area contributed by atoms with Crippen molar-refractivity contribution in [2.45, 2.75) is 12.8 Å². The average molecular weight is 354 g/mol. The van der Waals surface area contributed by atoms with Crippen molar-refractivity contribution in [3.8, 4) is 0 Å². The highest BCUT2D eigenvalue weighted by molar-refractivity contribution is 7.80. The second kappa shape index (κ2) is 7.76. The first-order valence-corrected chi connectivity index (χ1v) is 8.36. The lowest BCUT2D eigenvalue weighted by atomic mass is 10.2. The van der Waals surface area contributed by atoms with Crippen LogP contribution in [0, 0.1) is 5.92 Å². The molecule has 0 radical (unpaired) electrons. The van der Waals surface area contributed by atoms with Crippen molar-refractivity contribution in [3.05, 3.63) is 60.2 Å². The molecule has 0 atom stereocenters. The highest BCUT2D eigenvalue weighted by Gasteiger charge is 2.29. The third-order valence-corrected chi connectivity index (χ3v) is 3.89. The zero-order valence-electron chi connectivity index (χ0n) is 13.4. The molecule has 2 aromatic rings. The van der Waals surface area contributed by atoms with Crippen LogP contribution in [0.25, 0.3) is 0 Å². The minimum absolute atomic E-state index is 0.0382. The van der Waals surface area contributed by atoms with Gasteiger partial charge >= 0.3 is 0 Å². The lowest BCUT2D eigenvalue weighted by Crippen LogP contribution is -2.43. The number of hydrogen-bond donors (Lipinski definition) is 4. The van der Waals surface area contributed by atoms with Crippen LogP contribution in [0.3, 0.4) is 0 Å². The van der Waals surface area contributed by atoms with Gasteiger partial charge in [0.25, 0.3) is 5.91 Å². The van der Waals surface area contributed by atoms with Gasteiger partial charge < -0.3 is 10.6 Å². The molecule has 2 aromatic carbocycles. The molecule has 0 aromatic heterocycles. The maximum Gasteiger partial charge on any atom is 0.269 e. The lowest BCUT2D eigenvalue weighted by Gasteiger charge is -2.12. The van der Waals surface area contributed by atoms with E-state index < -0.39 is 0 Å². The van der Waals surface area contributed by atoms with Crippen molar-refractivity contribution < 1.29 is 9.59 Å². The molecule has 0 spiro atoms. The number of nitrogens with one attached hydrogen (secondary N) is 4. The van der Waals surface area contributed by atoms with Gasteiger partial charge in [0.15, 0.2) is 5.11 Å². The number of carbonyl (C=O) groups is 2. The summed E-state index contributed by atoms with van der Waals surface area (Å²) in [4.78, 5) is 23.8. The molecular weight excluding hydrogens is 336 g/mol. The van der Waals surface area contributed by atoms with Crippen LogP contribution in [-0.2, 0) is 4.79 Å². The Morgan fingerprint density at radius 3 is 2.12 bits per heavy atom. The Labute approximate surface area is 151 Å². The van der Waals surface area contributed by atoms with E-state index in [9.17, 15) is 9.59 Å². The van der Waals surface area contributed by atoms with Crippen molar-refractivity contribution in [3.63, 3.8) is 0 Å². The molecule has 4 N–H and O–H groups in total. The van der Waals surface area contributed by atoms with E-state index in [1.54, 1.807) is 24.3 Å². The van der Waals surface area contributed by atoms with Crippen molar-refractivity contribution in [2.24, 2.45) is 5.92 Å². The number of rotatable bonds is 4. The molecule has 0 heterocycles. The number of anilines is 2. The van der Waals surface area contributed by atoms with E-state index in [0.717, 1.165) is 18.5 Å². The molecule has 3 rings (SSSR count). The number of hydrogen-bond acceptors (Lipinski definition) is 3. The summed E-state index contributed by atoms with van der Waals surface area (Å²) >= 11 is 5.12. The zero-order valence-corrected chi connectivity index (χ0v) is 14.2. The molecule has 0 bridgehead atoms. The monoisotopic (exact) mass is 354 g/mol. The van der Waals surface area contributed by atoms with E-state index in [1.807, 2.05) is 30.3 Å².